The van der Waals surface area contributed by atoms with Crippen molar-refractivity contribution in [2.75, 3.05) is 18.5 Å². The Labute approximate surface area is 162 Å². The second-order valence-electron chi connectivity index (χ2n) is 6.12. The summed E-state index contributed by atoms with van der Waals surface area (Å²) in [5, 5.41) is 12.2. The Morgan fingerprint density at radius 1 is 1.04 bits per heavy atom. The van der Waals surface area contributed by atoms with Crippen LogP contribution in [0, 0.1) is 0 Å². The fourth-order valence-corrected chi connectivity index (χ4v) is 2.75. The number of nitrogens with zero attached hydrogens (tertiary/aromatic N) is 3. The quantitative estimate of drug-likeness (QED) is 0.658. The minimum Gasteiger partial charge on any atom is -0.477 e. The first-order valence-corrected chi connectivity index (χ1v) is 8.73. The highest BCUT2D eigenvalue weighted by Gasteiger charge is 2.22. The monoisotopic (exact) mass is 376 g/mol. The van der Waals surface area contributed by atoms with E-state index in [1.54, 1.807) is 4.90 Å². The Hall–Kier alpha value is -3.74. The zero-order valence-corrected chi connectivity index (χ0v) is 15.4. The van der Waals surface area contributed by atoms with Crippen LogP contribution in [0.25, 0.3) is 11.4 Å². The number of hydrogen-bond acceptors (Lipinski definition) is 5. The molecule has 1 aromatic heterocycles. The molecule has 0 spiro atoms. The van der Waals surface area contributed by atoms with Crippen LogP contribution in [0.3, 0.4) is 0 Å². The summed E-state index contributed by atoms with van der Waals surface area (Å²) in [6, 6.07) is 18.8. The van der Waals surface area contributed by atoms with Crippen LogP contribution in [0.2, 0.25) is 0 Å². The highest BCUT2D eigenvalue weighted by atomic mass is 16.4. The highest BCUT2D eigenvalue weighted by molar-refractivity contribution is 5.94. The fraction of sp³-hybridized carbons (Fsp3) is 0.143. The molecule has 7 heteroatoms. The first-order valence-electron chi connectivity index (χ1n) is 8.73. The van der Waals surface area contributed by atoms with E-state index in [0.29, 0.717) is 12.4 Å². The van der Waals surface area contributed by atoms with Crippen LogP contribution in [0.5, 0.6) is 0 Å². The Balaban J connectivity index is 2.07. The van der Waals surface area contributed by atoms with Crippen LogP contribution < -0.4 is 10.2 Å². The van der Waals surface area contributed by atoms with Gasteiger partial charge in [0.25, 0.3) is 0 Å². The second-order valence-corrected chi connectivity index (χ2v) is 6.12. The summed E-state index contributed by atoms with van der Waals surface area (Å²) in [5.74, 6) is -0.791. The Morgan fingerprint density at radius 2 is 1.68 bits per heavy atom. The predicted molar refractivity (Wildman–Crippen MR) is 106 cm³/mol. The van der Waals surface area contributed by atoms with E-state index in [1.807, 2.05) is 60.7 Å². The van der Waals surface area contributed by atoms with Crippen molar-refractivity contribution in [3.8, 4) is 11.4 Å². The maximum absolute atomic E-state index is 12.1. The van der Waals surface area contributed by atoms with Gasteiger partial charge in [0, 0.05) is 25.4 Å². The predicted octanol–water partition coefficient (Wildman–Crippen LogP) is 2.59. The van der Waals surface area contributed by atoms with E-state index in [2.05, 4.69) is 15.3 Å². The smallest absolute Gasteiger partial charge is 0.341 e. The summed E-state index contributed by atoms with van der Waals surface area (Å²) in [7, 11) is 1.54. The number of carbonyl (C=O) groups excluding carboxylic acids is 1. The van der Waals surface area contributed by atoms with E-state index in [0.717, 1.165) is 11.1 Å². The number of carboxylic acids is 1. The molecule has 0 aliphatic carbocycles. The largest absolute Gasteiger partial charge is 0.477 e. The lowest BCUT2D eigenvalue weighted by atomic mass is 10.1. The number of hydrogen-bond donors (Lipinski definition) is 2. The Kier molecular flexibility index (Phi) is 5.96. The lowest BCUT2D eigenvalue weighted by Gasteiger charge is -2.24. The molecule has 0 unspecified atom stereocenters. The molecule has 0 atom stereocenters. The van der Waals surface area contributed by atoms with E-state index in [-0.39, 0.29) is 23.8 Å². The van der Waals surface area contributed by atoms with Crippen molar-refractivity contribution in [3.05, 3.63) is 78.0 Å². The molecule has 2 N–H and O–H groups in total. The normalized spacial score (nSPS) is 10.3. The zero-order chi connectivity index (χ0) is 19.9. The van der Waals surface area contributed by atoms with Crippen LogP contribution in [0.15, 0.2) is 66.9 Å². The number of rotatable bonds is 7. The average Bonchev–Trinajstić information content (AvgIpc) is 2.74. The zero-order valence-electron chi connectivity index (χ0n) is 15.4. The van der Waals surface area contributed by atoms with Crippen LogP contribution in [-0.4, -0.2) is 40.5 Å². The molecule has 1 heterocycles. The molecule has 3 rings (SSSR count). The third kappa shape index (κ3) is 4.50. The van der Waals surface area contributed by atoms with Gasteiger partial charge in [0.2, 0.25) is 5.91 Å². The van der Waals surface area contributed by atoms with Crippen LogP contribution >= 0.6 is 0 Å². The number of likely N-dealkylation sites (N-methyl/N-ethyl adjacent to an activating group) is 1. The molecular weight excluding hydrogens is 356 g/mol. The van der Waals surface area contributed by atoms with Crippen LogP contribution in [-0.2, 0) is 11.3 Å². The number of carbonyl (C=O) groups is 2. The van der Waals surface area contributed by atoms with Gasteiger partial charge in [-0.05, 0) is 5.56 Å². The van der Waals surface area contributed by atoms with Crippen molar-refractivity contribution in [1.29, 1.82) is 0 Å². The first-order chi connectivity index (χ1) is 13.6. The van der Waals surface area contributed by atoms with Crippen molar-refractivity contribution in [2.24, 2.45) is 0 Å². The van der Waals surface area contributed by atoms with Crippen molar-refractivity contribution < 1.29 is 14.7 Å². The molecule has 0 aliphatic heterocycles. The van der Waals surface area contributed by atoms with Crippen molar-refractivity contribution in [1.82, 2.24) is 15.3 Å². The summed E-state index contributed by atoms with van der Waals surface area (Å²) < 4.78 is 0. The molecule has 0 saturated heterocycles. The molecule has 142 valence electrons. The number of aromatic nitrogens is 2. The minimum absolute atomic E-state index is 0.0308. The molecule has 1 amide bonds. The molecule has 0 radical (unpaired) electrons. The van der Waals surface area contributed by atoms with E-state index in [9.17, 15) is 14.7 Å². The molecule has 0 saturated carbocycles. The molecule has 2 aromatic carbocycles. The topological polar surface area (TPSA) is 95.4 Å². The number of nitrogens with one attached hydrogen (secondary N) is 1. The molecule has 28 heavy (non-hydrogen) atoms. The number of benzene rings is 2. The molecule has 0 bridgehead atoms. The third-order valence-corrected chi connectivity index (χ3v) is 4.16. The molecule has 3 aromatic rings. The van der Waals surface area contributed by atoms with E-state index < -0.39 is 5.97 Å². The van der Waals surface area contributed by atoms with Gasteiger partial charge in [0.1, 0.15) is 11.4 Å². The standard InChI is InChI=1S/C21H20N4O3/c1-22-18(26)14-25(13-15-8-4-2-5-9-15)20-17(21(27)28)12-23-19(24-20)16-10-6-3-7-11-16/h2-12H,13-14H2,1H3,(H,22,26)(H,27,28). The van der Waals surface area contributed by atoms with E-state index in [4.69, 9.17) is 0 Å². The number of amides is 1. The van der Waals surface area contributed by atoms with Gasteiger partial charge >= 0.3 is 5.97 Å². The lowest BCUT2D eigenvalue weighted by Crippen LogP contribution is -2.36. The minimum atomic E-state index is -1.15. The van der Waals surface area contributed by atoms with Crippen LogP contribution in [0.1, 0.15) is 15.9 Å². The van der Waals surface area contributed by atoms with E-state index in [1.165, 1.54) is 13.2 Å². The van der Waals surface area contributed by atoms with Crippen molar-refractivity contribution in [3.63, 3.8) is 0 Å². The van der Waals surface area contributed by atoms with Crippen molar-refractivity contribution >= 4 is 17.7 Å². The third-order valence-electron chi connectivity index (χ3n) is 4.16. The Bertz CT molecular complexity index is 962. The molecule has 0 aliphatic rings. The van der Waals surface area contributed by atoms with Gasteiger partial charge in [-0.3, -0.25) is 4.79 Å². The van der Waals surface area contributed by atoms with E-state index >= 15 is 0 Å². The number of aromatic carboxylic acids is 1. The number of carboxylic acid groups (broad SMARTS) is 1. The van der Waals surface area contributed by atoms with Gasteiger partial charge in [0.05, 0.1) is 6.54 Å². The van der Waals surface area contributed by atoms with Gasteiger partial charge in [-0.2, -0.15) is 0 Å². The molecule has 7 nitrogen and oxygen atoms in total. The van der Waals surface area contributed by atoms with Gasteiger partial charge < -0.3 is 15.3 Å². The van der Waals surface area contributed by atoms with Gasteiger partial charge in [0.15, 0.2) is 5.82 Å². The maximum Gasteiger partial charge on any atom is 0.341 e. The summed E-state index contributed by atoms with van der Waals surface area (Å²) in [6.07, 6.45) is 1.29. The summed E-state index contributed by atoms with van der Waals surface area (Å²) in [6.45, 7) is 0.302. The van der Waals surface area contributed by atoms with Gasteiger partial charge in [-0.15, -0.1) is 0 Å². The summed E-state index contributed by atoms with van der Waals surface area (Å²) in [4.78, 5) is 34.2. The van der Waals surface area contributed by atoms with Gasteiger partial charge in [-0.1, -0.05) is 60.7 Å². The number of anilines is 1. The maximum atomic E-state index is 12.1. The highest BCUT2D eigenvalue weighted by Crippen LogP contribution is 2.24. The lowest BCUT2D eigenvalue weighted by molar-refractivity contribution is -0.119. The molecule has 0 fully saturated rings. The first kappa shape index (κ1) is 19.0. The molecular formula is C21H20N4O3. The summed E-state index contributed by atoms with van der Waals surface area (Å²) in [5.41, 5.74) is 1.64. The average molecular weight is 376 g/mol. The Morgan fingerprint density at radius 3 is 2.29 bits per heavy atom. The van der Waals surface area contributed by atoms with Gasteiger partial charge in [-0.25, -0.2) is 14.8 Å². The van der Waals surface area contributed by atoms with Crippen LogP contribution in [0.4, 0.5) is 5.82 Å². The fourth-order valence-electron chi connectivity index (χ4n) is 2.75. The van der Waals surface area contributed by atoms with Crippen molar-refractivity contribution in [2.45, 2.75) is 6.54 Å². The second kappa shape index (κ2) is 8.77. The summed E-state index contributed by atoms with van der Waals surface area (Å²) >= 11 is 0. The SMILES string of the molecule is CNC(=O)CN(Cc1ccccc1)c1nc(-c2ccccc2)ncc1C(=O)O.